The van der Waals surface area contributed by atoms with E-state index in [9.17, 15) is 9.90 Å². The van der Waals surface area contributed by atoms with Crippen molar-refractivity contribution in [1.29, 1.82) is 0 Å². The Bertz CT molecular complexity index is 594. The molecule has 6 heteroatoms. The van der Waals surface area contributed by atoms with Crippen molar-refractivity contribution in [3.8, 4) is 5.75 Å². The fourth-order valence-corrected chi connectivity index (χ4v) is 1.70. The standard InChI is InChI=1S/C15H18N4O2/c1-19(2)14-8-5-12(10-16-14)18-15(21)17-9-11-3-6-13(20)7-4-11/h3-8,10,20H,9H2,1-2H3,(H2,17,18,21). The van der Waals surface area contributed by atoms with Crippen LogP contribution in [0, 0.1) is 0 Å². The van der Waals surface area contributed by atoms with Gasteiger partial charge in [0.1, 0.15) is 11.6 Å². The summed E-state index contributed by atoms with van der Waals surface area (Å²) in [5.74, 6) is 1.03. The molecule has 2 aromatic rings. The van der Waals surface area contributed by atoms with E-state index in [0.717, 1.165) is 11.4 Å². The highest BCUT2D eigenvalue weighted by atomic mass is 16.3. The van der Waals surface area contributed by atoms with Gasteiger partial charge in [0.05, 0.1) is 11.9 Å². The van der Waals surface area contributed by atoms with Crippen molar-refractivity contribution in [2.24, 2.45) is 0 Å². The summed E-state index contributed by atoms with van der Waals surface area (Å²) in [6.07, 6.45) is 1.61. The number of amides is 2. The number of benzene rings is 1. The molecule has 0 saturated carbocycles. The van der Waals surface area contributed by atoms with E-state index >= 15 is 0 Å². The first-order valence-electron chi connectivity index (χ1n) is 6.51. The molecule has 21 heavy (non-hydrogen) atoms. The highest BCUT2D eigenvalue weighted by Gasteiger charge is 2.03. The van der Waals surface area contributed by atoms with Crippen LogP contribution in [0.2, 0.25) is 0 Å². The molecule has 0 radical (unpaired) electrons. The number of rotatable bonds is 4. The van der Waals surface area contributed by atoms with Crippen LogP contribution in [-0.2, 0) is 6.54 Å². The summed E-state index contributed by atoms with van der Waals surface area (Å²) in [7, 11) is 3.81. The van der Waals surface area contributed by atoms with Crippen LogP contribution in [0.4, 0.5) is 16.3 Å². The van der Waals surface area contributed by atoms with Gasteiger partial charge in [-0.05, 0) is 29.8 Å². The lowest BCUT2D eigenvalue weighted by molar-refractivity contribution is 0.251. The van der Waals surface area contributed by atoms with Crippen LogP contribution in [0.15, 0.2) is 42.6 Å². The number of pyridine rings is 1. The fourth-order valence-electron chi connectivity index (χ4n) is 1.70. The van der Waals surface area contributed by atoms with E-state index in [2.05, 4.69) is 15.6 Å². The molecule has 0 aliphatic heterocycles. The second-order valence-electron chi connectivity index (χ2n) is 4.77. The molecule has 1 aromatic heterocycles. The Labute approximate surface area is 123 Å². The van der Waals surface area contributed by atoms with Crippen LogP contribution < -0.4 is 15.5 Å². The van der Waals surface area contributed by atoms with Gasteiger partial charge in [0.15, 0.2) is 0 Å². The predicted octanol–water partition coefficient (Wildman–Crippen LogP) is 2.17. The predicted molar refractivity (Wildman–Crippen MR) is 82.5 cm³/mol. The number of phenolic OH excluding ortho intramolecular Hbond substituents is 1. The highest BCUT2D eigenvalue weighted by Crippen LogP contribution is 2.12. The van der Waals surface area contributed by atoms with Crippen LogP contribution in [0.1, 0.15) is 5.56 Å². The molecule has 2 rings (SSSR count). The zero-order valence-electron chi connectivity index (χ0n) is 12.0. The van der Waals surface area contributed by atoms with E-state index in [1.807, 2.05) is 25.1 Å². The third-order valence-corrected chi connectivity index (χ3v) is 2.85. The van der Waals surface area contributed by atoms with E-state index in [1.54, 1.807) is 36.5 Å². The SMILES string of the molecule is CN(C)c1ccc(NC(=O)NCc2ccc(O)cc2)cn1. The number of phenols is 1. The molecule has 0 fully saturated rings. The molecule has 0 bridgehead atoms. The summed E-state index contributed by atoms with van der Waals surface area (Å²) < 4.78 is 0. The van der Waals surface area contributed by atoms with Gasteiger partial charge < -0.3 is 20.6 Å². The van der Waals surface area contributed by atoms with Gasteiger partial charge in [-0.2, -0.15) is 0 Å². The van der Waals surface area contributed by atoms with Crippen molar-refractivity contribution in [2.75, 3.05) is 24.3 Å². The van der Waals surface area contributed by atoms with Crippen LogP contribution in [0.5, 0.6) is 5.75 Å². The molecule has 2 amide bonds. The zero-order valence-corrected chi connectivity index (χ0v) is 12.0. The molecule has 0 saturated heterocycles. The Kier molecular flexibility index (Phi) is 4.61. The number of urea groups is 1. The number of hydrogen-bond donors (Lipinski definition) is 3. The van der Waals surface area contributed by atoms with Gasteiger partial charge in [-0.3, -0.25) is 0 Å². The molecule has 3 N–H and O–H groups in total. The second-order valence-corrected chi connectivity index (χ2v) is 4.77. The number of nitrogens with zero attached hydrogens (tertiary/aromatic N) is 2. The Morgan fingerprint density at radius 2 is 1.90 bits per heavy atom. The minimum Gasteiger partial charge on any atom is -0.508 e. The van der Waals surface area contributed by atoms with Gasteiger partial charge in [-0.15, -0.1) is 0 Å². The minimum atomic E-state index is -0.303. The van der Waals surface area contributed by atoms with Gasteiger partial charge >= 0.3 is 6.03 Å². The molecule has 0 spiro atoms. The summed E-state index contributed by atoms with van der Waals surface area (Å²) in [4.78, 5) is 17.9. The van der Waals surface area contributed by atoms with Crippen LogP contribution in [0.3, 0.4) is 0 Å². The average Bonchev–Trinajstić information content (AvgIpc) is 2.47. The van der Waals surface area contributed by atoms with Crippen molar-refractivity contribution in [3.05, 3.63) is 48.2 Å². The van der Waals surface area contributed by atoms with E-state index in [-0.39, 0.29) is 11.8 Å². The lowest BCUT2D eigenvalue weighted by atomic mass is 10.2. The highest BCUT2D eigenvalue weighted by molar-refractivity contribution is 5.89. The van der Waals surface area contributed by atoms with E-state index in [1.165, 1.54) is 0 Å². The number of anilines is 2. The Morgan fingerprint density at radius 1 is 1.19 bits per heavy atom. The first-order valence-corrected chi connectivity index (χ1v) is 6.51. The maximum atomic E-state index is 11.8. The third-order valence-electron chi connectivity index (χ3n) is 2.85. The lowest BCUT2D eigenvalue weighted by Gasteiger charge is -2.12. The fraction of sp³-hybridized carbons (Fsp3) is 0.200. The largest absolute Gasteiger partial charge is 0.508 e. The summed E-state index contributed by atoms with van der Waals surface area (Å²) in [6, 6.07) is 9.99. The number of aromatic nitrogens is 1. The second kappa shape index (κ2) is 6.60. The number of aromatic hydroxyl groups is 1. The molecule has 0 aliphatic rings. The van der Waals surface area contributed by atoms with E-state index in [4.69, 9.17) is 0 Å². The summed E-state index contributed by atoms with van der Waals surface area (Å²) in [5, 5.41) is 14.6. The van der Waals surface area contributed by atoms with Gasteiger partial charge in [0.25, 0.3) is 0 Å². The van der Waals surface area contributed by atoms with Crippen molar-refractivity contribution >= 4 is 17.5 Å². The Morgan fingerprint density at radius 3 is 2.48 bits per heavy atom. The Hall–Kier alpha value is -2.76. The monoisotopic (exact) mass is 286 g/mol. The first kappa shape index (κ1) is 14.6. The lowest BCUT2D eigenvalue weighted by Crippen LogP contribution is -2.28. The number of hydrogen-bond acceptors (Lipinski definition) is 4. The Balaban J connectivity index is 1.85. The molecule has 0 unspecified atom stereocenters. The summed E-state index contributed by atoms with van der Waals surface area (Å²) in [5.41, 5.74) is 1.54. The molecular formula is C15H18N4O2. The van der Waals surface area contributed by atoms with Gasteiger partial charge in [0, 0.05) is 20.6 Å². The van der Waals surface area contributed by atoms with Gasteiger partial charge in [-0.1, -0.05) is 12.1 Å². The number of nitrogens with one attached hydrogen (secondary N) is 2. The summed E-state index contributed by atoms with van der Waals surface area (Å²) in [6.45, 7) is 0.384. The van der Waals surface area contributed by atoms with Gasteiger partial charge in [-0.25, -0.2) is 9.78 Å². The van der Waals surface area contributed by atoms with E-state index in [0.29, 0.717) is 12.2 Å². The maximum absolute atomic E-state index is 11.8. The van der Waals surface area contributed by atoms with Crippen molar-refractivity contribution in [2.45, 2.75) is 6.54 Å². The quantitative estimate of drug-likeness (QED) is 0.805. The number of carbonyl (C=O) groups is 1. The zero-order chi connectivity index (χ0) is 15.2. The minimum absolute atomic E-state index is 0.204. The normalized spacial score (nSPS) is 10.0. The first-order chi connectivity index (χ1) is 10.0. The molecule has 1 aromatic carbocycles. The smallest absolute Gasteiger partial charge is 0.319 e. The van der Waals surface area contributed by atoms with Crippen molar-refractivity contribution in [3.63, 3.8) is 0 Å². The maximum Gasteiger partial charge on any atom is 0.319 e. The van der Waals surface area contributed by atoms with Crippen molar-refractivity contribution in [1.82, 2.24) is 10.3 Å². The number of carbonyl (C=O) groups excluding carboxylic acids is 1. The molecule has 1 heterocycles. The van der Waals surface area contributed by atoms with E-state index < -0.39 is 0 Å². The topological polar surface area (TPSA) is 77.5 Å². The average molecular weight is 286 g/mol. The van der Waals surface area contributed by atoms with Crippen LogP contribution in [0.25, 0.3) is 0 Å². The van der Waals surface area contributed by atoms with Crippen LogP contribution in [-0.4, -0.2) is 30.2 Å². The molecule has 0 aliphatic carbocycles. The summed E-state index contributed by atoms with van der Waals surface area (Å²) >= 11 is 0. The molecular weight excluding hydrogens is 268 g/mol. The van der Waals surface area contributed by atoms with Crippen molar-refractivity contribution < 1.29 is 9.90 Å². The molecule has 0 atom stereocenters. The molecule has 6 nitrogen and oxygen atoms in total. The molecule has 110 valence electrons. The third kappa shape index (κ3) is 4.38. The van der Waals surface area contributed by atoms with Crippen LogP contribution >= 0.6 is 0 Å². The van der Waals surface area contributed by atoms with Gasteiger partial charge in [0.2, 0.25) is 0 Å².